The van der Waals surface area contributed by atoms with E-state index in [1.165, 1.54) is 11.0 Å². The number of carbonyl (C=O) groups is 1. The smallest absolute Gasteiger partial charge is 0.253 e. The standard InChI is InChI=1S/C11H10Cl2N2O/c1-15(6-2-5-14)11(16)8-3-4-9(12)10(13)7-8/h3-4,7H,2,6H2,1H3. The number of halogens is 2. The second-order valence-electron chi connectivity index (χ2n) is 3.26. The van der Waals surface area contributed by atoms with Gasteiger partial charge in [-0.2, -0.15) is 5.26 Å². The molecular formula is C11H10Cl2N2O. The highest BCUT2D eigenvalue weighted by atomic mass is 35.5. The topological polar surface area (TPSA) is 44.1 Å². The van der Waals surface area contributed by atoms with Crippen LogP contribution >= 0.6 is 23.2 Å². The van der Waals surface area contributed by atoms with E-state index in [0.717, 1.165) is 0 Å². The highest BCUT2D eigenvalue weighted by Gasteiger charge is 2.12. The minimum Gasteiger partial charge on any atom is -0.341 e. The number of amides is 1. The predicted molar refractivity (Wildman–Crippen MR) is 63.7 cm³/mol. The number of hydrogen-bond donors (Lipinski definition) is 0. The van der Waals surface area contributed by atoms with Gasteiger partial charge in [0, 0.05) is 19.2 Å². The highest BCUT2D eigenvalue weighted by molar-refractivity contribution is 6.42. The zero-order valence-electron chi connectivity index (χ0n) is 8.70. The van der Waals surface area contributed by atoms with Crippen LogP contribution < -0.4 is 0 Å². The third-order valence-corrected chi connectivity index (χ3v) is 2.81. The number of benzene rings is 1. The molecule has 0 radical (unpaired) electrons. The summed E-state index contributed by atoms with van der Waals surface area (Å²) in [5.74, 6) is -0.172. The first-order chi connectivity index (χ1) is 7.56. The van der Waals surface area contributed by atoms with Crippen LogP contribution in [0.15, 0.2) is 18.2 Å². The fourth-order valence-electron chi connectivity index (χ4n) is 1.17. The number of nitrogens with zero attached hydrogens (tertiary/aromatic N) is 2. The number of carbonyl (C=O) groups excluding carboxylic acids is 1. The summed E-state index contributed by atoms with van der Waals surface area (Å²) < 4.78 is 0. The van der Waals surface area contributed by atoms with Crippen molar-refractivity contribution in [3.05, 3.63) is 33.8 Å². The molecule has 0 aliphatic carbocycles. The maximum absolute atomic E-state index is 11.8. The van der Waals surface area contributed by atoms with E-state index in [4.69, 9.17) is 28.5 Å². The van der Waals surface area contributed by atoms with Crippen LogP contribution in [0.5, 0.6) is 0 Å². The van der Waals surface area contributed by atoms with Crippen LogP contribution in [0.25, 0.3) is 0 Å². The lowest BCUT2D eigenvalue weighted by Gasteiger charge is -2.15. The van der Waals surface area contributed by atoms with Gasteiger partial charge in [-0.3, -0.25) is 4.79 Å². The molecule has 0 saturated carbocycles. The van der Waals surface area contributed by atoms with Crippen molar-refractivity contribution in [2.45, 2.75) is 6.42 Å². The molecule has 0 spiro atoms. The molecule has 1 amide bonds. The molecule has 0 aliphatic heterocycles. The molecule has 0 saturated heterocycles. The Balaban J connectivity index is 2.80. The van der Waals surface area contributed by atoms with Crippen LogP contribution in [0.3, 0.4) is 0 Å². The minimum absolute atomic E-state index is 0.172. The Morgan fingerprint density at radius 2 is 2.12 bits per heavy atom. The van der Waals surface area contributed by atoms with Gasteiger partial charge in [0.1, 0.15) is 0 Å². The molecule has 16 heavy (non-hydrogen) atoms. The number of hydrogen-bond acceptors (Lipinski definition) is 2. The summed E-state index contributed by atoms with van der Waals surface area (Å²) in [7, 11) is 1.64. The maximum atomic E-state index is 11.8. The SMILES string of the molecule is CN(CCC#N)C(=O)c1ccc(Cl)c(Cl)c1. The fourth-order valence-corrected chi connectivity index (χ4v) is 1.47. The van der Waals surface area contributed by atoms with E-state index in [9.17, 15) is 4.79 Å². The lowest BCUT2D eigenvalue weighted by atomic mass is 10.2. The molecule has 1 aromatic carbocycles. The monoisotopic (exact) mass is 256 g/mol. The van der Waals surface area contributed by atoms with Gasteiger partial charge < -0.3 is 4.90 Å². The molecule has 0 aromatic heterocycles. The van der Waals surface area contributed by atoms with E-state index in [-0.39, 0.29) is 5.91 Å². The molecule has 1 rings (SSSR count). The lowest BCUT2D eigenvalue weighted by Crippen LogP contribution is -2.27. The summed E-state index contributed by atoms with van der Waals surface area (Å²) in [5.41, 5.74) is 0.467. The molecular weight excluding hydrogens is 247 g/mol. The molecule has 0 fully saturated rings. The lowest BCUT2D eigenvalue weighted by molar-refractivity contribution is 0.0798. The first kappa shape index (κ1) is 12.8. The molecule has 0 unspecified atom stereocenters. The van der Waals surface area contributed by atoms with Crippen LogP contribution in [-0.4, -0.2) is 24.4 Å². The van der Waals surface area contributed by atoms with Crippen molar-refractivity contribution in [2.24, 2.45) is 0 Å². The van der Waals surface area contributed by atoms with E-state index < -0.39 is 0 Å². The van der Waals surface area contributed by atoms with Crippen molar-refractivity contribution in [1.82, 2.24) is 4.90 Å². The molecule has 1 aromatic rings. The van der Waals surface area contributed by atoms with Gasteiger partial charge in [0.15, 0.2) is 0 Å². The molecule has 0 aliphatic rings. The van der Waals surface area contributed by atoms with E-state index >= 15 is 0 Å². The zero-order chi connectivity index (χ0) is 12.1. The van der Waals surface area contributed by atoms with Crippen LogP contribution in [0.2, 0.25) is 10.0 Å². The Morgan fingerprint density at radius 1 is 1.44 bits per heavy atom. The number of rotatable bonds is 3. The average Bonchev–Trinajstić information content (AvgIpc) is 2.28. The normalized spacial score (nSPS) is 9.62. The number of nitriles is 1. The molecule has 84 valence electrons. The van der Waals surface area contributed by atoms with Gasteiger partial charge in [-0.15, -0.1) is 0 Å². The Bertz CT molecular complexity index is 440. The summed E-state index contributed by atoms with van der Waals surface area (Å²) in [6.45, 7) is 0.398. The quantitative estimate of drug-likeness (QED) is 0.835. The van der Waals surface area contributed by atoms with Crippen molar-refractivity contribution in [3.63, 3.8) is 0 Å². The Morgan fingerprint density at radius 3 is 2.69 bits per heavy atom. The average molecular weight is 257 g/mol. The first-order valence-electron chi connectivity index (χ1n) is 4.63. The summed E-state index contributed by atoms with van der Waals surface area (Å²) in [4.78, 5) is 13.3. The Hall–Kier alpha value is -1.24. The van der Waals surface area contributed by atoms with Gasteiger partial charge in [0.25, 0.3) is 5.91 Å². The molecule has 3 nitrogen and oxygen atoms in total. The van der Waals surface area contributed by atoms with Crippen molar-refractivity contribution in [3.8, 4) is 6.07 Å². The summed E-state index contributed by atoms with van der Waals surface area (Å²) in [6, 6.07) is 6.70. The van der Waals surface area contributed by atoms with Crippen LogP contribution in [-0.2, 0) is 0 Å². The third kappa shape index (κ3) is 3.13. The Labute approximate surface area is 104 Å². The molecule has 0 N–H and O–H groups in total. The van der Waals surface area contributed by atoms with Gasteiger partial charge >= 0.3 is 0 Å². The van der Waals surface area contributed by atoms with Crippen LogP contribution in [0.1, 0.15) is 16.8 Å². The van der Waals surface area contributed by atoms with Crippen LogP contribution in [0.4, 0.5) is 0 Å². The second-order valence-corrected chi connectivity index (χ2v) is 4.08. The summed E-state index contributed by atoms with van der Waals surface area (Å²) in [6.07, 6.45) is 0.309. The predicted octanol–water partition coefficient (Wildman–Crippen LogP) is 2.98. The van der Waals surface area contributed by atoms with E-state index in [2.05, 4.69) is 0 Å². The third-order valence-electron chi connectivity index (χ3n) is 2.07. The van der Waals surface area contributed by atoms with E-state index in [1.54, 1.807) is 19.2 Å². The summed E-state index contributed by atoms with van der Waals surface area (Å²) >= 11 is 11.6. The van der Waals surface area contributed by atoms with Gasteiger partial charge in [-0.25, -0.2) is 0 Å². The molecule has 0 heterocycles. The van der Waals surface area contributed by atoms with Gasteiger partial charge in [-0.05, 0) is 18.2 Å². The van der Waals surface area contributed by atoms with E-state index in [1.807, 2.05) is 6.07 Å². The Kier molecular flexibility index (Phi) is 4.60. The van der Waals surface area contributed by atoms with Gasteiger partial charge in [-0.1, -0.05) is 23.2 Å². The summed E-state index contributed by atoms with van der Waals surface area (Å²) in [5, 5.41) is 9.18. The fraction of sp³-hybridized carbons (Fsp3) is 0.273. The van der Waals surface area contributed by atoms with Crippen molar-refractivity contribution >= 4 is 29.1 Å². The zero-order valence-corrected chi connectivity index (χ0v) is 10.2. The molecule has 5 heteroatoms. The first-order valence-corrected chi connectivity index (χ1v) is 5.39. The van der Waals surface area contributed by atoms with E-state index in [0.29, 0.717) is 28.6 Å². The maximum Gasteiger partial charge on any atom is 0.253 e. The van der Waals surface area contributed by atoms with Gasteiger partial charge in [0.2, 0.25) is 0 Å². The van der Waals surface area contributed by atoms with Crippen LogP contribution in [0, 0.1) is 11.3 Å². The minimum atomic E-state index is -0.172. The largest absolute Gasteiger partial charge is 0.341 e. The van der Waals surface area contributed by atoms with Gasteiger partial charge in [0.05, 0.1) is 22.5 Å². The van der Waals surface area contributed by atoms with Crippen molar-refractivity contribution in [2.75, 3.05) is 13.6 Å². The molecule has 0 bridgehead atoms. The second kappa shape index (κ2) is 5.74. The van der Waals surface area contributed by atoms with Crippen molar-refractivity contribution in [1.29, 1.82) is 5.26 Å². The van der Waals surface area contributed by atoms with Crippen molar-refractivity contribution < 1.29 is 4.79 Å². The molecule has 0 atom stereocenters. The highest BCUT2D eigenvalue weighted by Crippen LogP contribution is 2.23.